The number of nitrogens with one attached hydrogen (secondary N) is 1. The Bertz CT molecular complexity index is 1020. The standard InChI is InChI=1S/C26H30Cl2N2O3/c1-18(31)29-25(19-6-3-2-4-7-19)11-14-30(15-12-25)13-5-8-21-17-26(21,24(32)33)20-9-10-22(27)23(28)16-20/h2-4,6-7,9-10,16,21H,5,8,11-15,17H2,1H3,(H,29,31)(H,32,33)/t21-,26-/m1/s1. The molecule has 2 N–H and O–H groups in total. The summed E-state index contributed by atoms with van der Waals surface area (Å²) in [6, 6.07) is 15.4. The highest BCUT2D eigenvalue weighted by Crippen LogP contribution is 2.57. The molecular formula is C26H30Cl2N2O3. The number of carboxylic acids is 1. The lowest BCUT2D eigenvalue weighted by Crippen LogP contribution is -2.52. The minimum atomic E-state index is -0.843. The van der Waals surface area contributed by atoms with E-state index in [-0.39, 0.29) is 17.4 Å². The van der Waals surface area contributed by atoms with Crippen molar-refractivity contribution in [3.63, 3.8) is 0 Å². The summed E-state index contributed by atoms with van der Waals surface area (Å²) < 4.78 is 0. The summed E-state index contributed by atoms with van der Waals surface area (Å²) in [4.78, 5) is 26.5. The third-order valence-electron chi connectivity index (χ3n) is 7.40. The van der Waals surface area contributed by atoms with E-state index >= 15 is 0 Å². The Morgan fingerprint density at radius 1 is 1.06 bits per heavy atom. The zero-order valence-electron chi connectivity index (χ0n) is 18.8. The first-order valence-electron chi connectivity index (χ1n) is 11.5. The molecule has 1 amide bonds. The van der Waals surface area contributed by atoms with Crippen LogP contribution in [0.2, 0.25) is 10.0 Å². The van der Waals surface area contributed by atoms with Crippen LogP contribution in [0.4, 0.5) is 0 Å². The molecule has 2 aromatic rings. The van der Waals surface area contributed by atoms with E-state index in [1.165, 1.54) is 0 Å². The van der Waals surface area contributed by atoms with Crippen LogP contribution in [-0.4, -0.2) is 41.5 Å². The lowest BCUT2D eigenvalue weighted by molar-refractivity contribution is -0.140. The van der Waals surface area contributed by atoms with Gasteiger partial charge in [-0.05, 0) is 67.8 Å². The Hall–Kier alpha value is -2.08. The van der Waals surface area contributed by atoms with Crippen molar-refractivity contribution in [2.45, 2.75) is 50.0 Å². The van der Waals surface area contributed by atoms with E-state index in [2.05, 4.69) is 22.3 Å². The van der Waals surface area contributed by atoms with E-state index in [0.717, 1.165) is 56.4 Å². The summed E-state index contributed by atoms with van der Waals surface area (Å²) >= 11 is 12.2. The molecule has 2 aliphatic rings. The largest absolute Gasteiger partial charge is 0.481 e. The van der Waals surface area contributed by atoms with Crippen LogP contribution in [0.5, 0.6) is 0 Å². The van der Waals surface area contributed by atoms with Crippen LogP contribution in [0.25, 0.3) is 0 Å². The fraction of sp³-hybridized carbons (Fsp3) is 0.462. The molecule has 0 radical (unpaired) electrons. The number of hydrogen-bond donors (Lipinski definition) is 2. The van der Waals surface area contributed by atoms with E-state index in [1.54, 1.807) is 25.1 Å². The molecule has 0 bridgehead atoms. The Morgan fingerprint density at radius 3 is 2.36 bits per heavy atom. The summed E-state index contributed by atoms with van der Waals surface area (Å²) in [7, 11) is 0. The molecule has 5 nitrogen and oxygen atoms in total. The van der Waals surface area contributed by atoms with Gasteiger partial charge in [-0.1, -0.05) is 59.6 Å². The topological polar surface area (TPSA) is 69.6 Å². The summed E-state index contributed by atoms with van der Waals surface area (Å²) in [6.45, 7) is 4.31. The molecule has 1 heterocycles. The van der Waals surface area contributed by atoms with Gasteiger partial charge in [-0.3, -0.25) is 9.59 Å². The van der Waals surface area contributed by atoms with Crippen molar-refractivity contribution >= 4 is 35.1 Å². The second kappa shape index (κ2) is 9.65. The minimum absolute atomic E-state index is 0.00616. The molecule has 0 unspecified atom stereocenters. The molecule has 1 aliphatic carbocycles. The van der Waals surface area contributed by atoms with Gasteiger partial charge in [0.25, 0.3) is 0 Å². The molecule has 4 rings (SSSR count). The van der Waals surface area contributed by atoms with Crippen molar-refractivity contribution in [2.75, 3.05) is 19.6 Å². The monoisotopic (exact) mass is 488 g/mol. The molecule has 2 aromatic carbocycles. The quantitative estimate of drug-likeness (QED) is 0.532. The molecule has 2 fully saturated rings. The number of benzene rings is 2. The predicted molar refractivity (Wildman–Crippen MR) is 131 cm³/mol. The van der Waals surface area contributed by atoms with E-state index < -0.39 is 11.4 Å². The number of carboxylic acid groups (broad SMARTS) is 1. The van der Waals surface area contributed by atoms with Crippen LogP contribution in [0.1, 0.15) is 50.2 Å². The second-order valence-electron chi connectivity index (χ2n) is 9.42. The lowest BCUT2D eigenvalue weighted by Gasteiger charge is -2.42. The van der Waals surface area contributed by atoms with Crippen molar-refractivity contribution < 1.29 is 14.7 Å². The van der Waals surface area contributed by atoms with Crippen molar-refractivity contribution in [3.8, 4) is 0 Å². The van der Waals surface area contributed by atoms with Crippen LogP contribution in [0, 0.1) is 5.92 Å². The Morgan fingerprint density at radius 2 is 1.76 bits per heavy atom. The van der Waals surface area contributed by atoms with E-state index in [1.807, 2.05) is 18.2 Å². The summed E-state index contributed by atoms with van der Waals surface area (Å²) in [5, 5.41) is 14.0. The maximum Gasteiger partial charge on any atom is 0.314 e. The van der Waals surface area contributed by atoms with Gasteiger partial charge in [-0.25, -0.2) is 0 Å². The van der Waals surface area contributed by atoms with Crippen LogP contribution in [0.3, 0.4) is 0 Å². The molecular weight excluding hydrogens is 459 g/mol. The molecule has 7 heteroatoms. The highest BCUT2D eigenvalue weighted by Gasteiger charge is 2.61. The lowest BCUT2D eigenvalue weighted by atomic mass is 9.80. The molecule has 1 aliphatic heterocycles. The first-order chi connectivity index (χ1) is 15.8. The number of halogens is 2. The van der Waals surface area contributed by atoms with Gasteiger partial charge >= 0.3 is 5.97 Å². The second-order valence-corrected chi connectivity index (χ2v) is 10.2. The van der Waals surface area contributed by atoms with Gasteiger partial charge in [0.05, 0.1) is 21.0 Å². The maximum atomic E-state index is 12.1. The molecule has 0 aromatic heterocycles. The Labute approximate surface area is 205 Å². The zero-order valence-corrected chi connectivity index (χ0v) is 20.3. The molecule has 0 spiro atoms. The molecule has 176 valence electrons. The van der Waals surface area contributed by atoms with E-state index in [0.29, 0.717) is 16.5 Å². The first-order valence-corrected chi connectivity index (χ1v) is 12.3. The highest BCUT2D eigenvalue weighted by atomic mass is 35.5. The number of piperidine rings is 1. The molecule has 33 heavy (non-hydrogen) atoms. The normalized spacial score (nSPS) is 24.3. The third kappa shape index (κ3) is 4.91. The highest BCUT2D eigenvalue weighted by molar-refractivity contribution is 6.42. The van der Waals surface area contributed by atoms with Crippen molar-refractivity contribution in [2.24, 2.45) is 5.92 Å². The number of likely N-dealkylation sites (tertiary alicyclic amines) is 1. The molecule has 1 saturated carbocycles. The van der Waals surface area contributed by atoms with Crippen LogP contribution < -0.4 is 5.32 Å². The number of carbonyl (C=O) groups excluding carboxylic acids is 1. The number of hydrogen-bond acceptors (Lipinski definition) is 3. The van der Waals surface area contributed by atoms with Gasteiger partial charge in [0.1, 0.15) is 0 Å². The predicted octanol–water partition coefficient (Wildman–Crippen LogP) is 5.24. The summed E-state index contributed by atoms with van der Waals surface area (Å²) in [6.07, 6.45) is 4.17. The van der Waals surface area contributed by atoms with Gasteiger partial charge in [0.2, 0.25) is 5.91 Å². The average Bonchev–Trinajstić information content (AvgIpc) is 3.53. The molecule has 2 atom stereocenters. The third-order valence-corrected chi connectivity index (χ3v) is 8.14. The maximum absolute atomic E-state index is 12.1. The summed E-state index contributed by atoms with van der Waals surface area (Å²) in [5.41, 5.74) is 0.747. The van der Waals surface area contributed by atoms with Crippen LogP contribution in [0.15, 0.2) is 48.5 Å². The fourth-order valence-electron chi connectivity index (χ4n) is 5.49. The van der Waals surface area contributed by atoms with Gasteiger partial charge in [0.15, 0.2) is 0 Å². The Balaban J connectivity index is 1.33. The van der Waals surface area contributed by atoms with Crippen LogP contribution >= 0.6 is 23.2 Å². The van der Waals surface area contributed by atoms with Crippen LogP contribution in [-0.2, 0) is 20.5 Å². The minimum Gasteiger partial charge on any atom is -0.481 e. The van der Waals surface area contributed by atoms with Crippen molar-refractivity contribution in [1.29, 1.82) is 0 Å². The zero-order chi connectivity index (χ0) is 23.6. The molecule has 1 saturated heterocycles. The van der Waals surface area contributed by atoms with Gasteiger partial charge in [-0.15, -0.1) is 0 Å². The number of carbonyl (C=O) groups is 2. The number of nitrogens with zero attached hydrogens (tertiary/aromatic N) is 1. The number of aliphatic carboxylic acids is 1. The van der Waals surface area contributed by atoms with Gasteiger partial charge in [-0.2, -0.15) is 0 Å². The van der Waals surface area contributed by atoms with Gasteiger partial charge in [0, 0.05) is 20.0 Å². The average molecular weight is 489 g/mol. The van der Waals surface area contributed by atoms with Gasteiger partial charge < -0.3 is 15.3 Å². The SMILES string of the molecule is CC(=O)NC1(c2ccccc2)CCN(CCC[C@@H]2C[C@@]2(C(=O)O)c2ccc(Cl)c(Cl)c2)CC1. The van der Waals surface area contributed by atoms with E-state index in [9.17, 15) is 14.7 Å². The van der Waals surface area contributed by atoms with Crippen molar-refractivity contribution in [1.82, 2.24) is 10.2 Å². The number of amides is 1. The summed E-state index contributed by atoms with van der Waals surface area (Å²) in [5.74, 6) is -0.681. The smallest absolute Gasteiger partial charge is 0.314 e. The number of rotatable bonds is 8. The van der Waals surface area contributed by atoms with E-state index in [4.69, 9.17) is 23.2 Å². The Kier molecular flexibility index (Phi) is 7.04. The van der Waals surface area contributed by atoms with Crippen molar-refractivity contribution in [3.05, 3.63) is 69.7 Å². The first kappa shape index (κ1) is 24.1. The fourth-order valence-corrected chi connectivity index (χ4v) is 5.79.